The summed E-state index contributed by atoms with van der Waals surface area (Å²) < 4.78 is 0. The molecule has 1 saturated carbocycles. The Bertz CT molecular complexity index is 356. The molecular weight excluding hydrogens is 220 g/mol. The van der Waals surface area contributed by atoms with Crippen molar-refractivity contribution in [2.75, 3.05) is 7.05 Å². The zero-order chi connectivity index (χ0) is 12.8. The largest absolute Gasteiger partial charge is 0.313 e. The molecule has 1 aliphatic rings. The number of pyridine rings is 1. The van der Waals surface area contributed by atoms with Gasteiger partial charge in [0.15, 0.2) is 0 Å². The van der Waals surface area contributed by atoms with E-state index in [1.807, 2.05) is 12.4 Å². The van der Waals surface area contributed by atoms with Crippen LogP contribution in [-0.2, 0) is 6.42 Å². The maximum atomic E-state index is 4.25. The smallest absolute Gasteiger partial charge is 0.0324 e. The third-order valence-corrected chi connectivity index (χ3v) is 4.34. The summed E-state index contributed by atoms with van der Waals surface area (Å²) in [7, 11) is 2.09. The van der Waals surface area contributed by atoms with Crippen molar-refractivity contribution in [1.82, 2.24) is 10.3 Å². The predicted octanol–water partition coefficient (Wildman–Crippen LogP) is 3.87. The highest BCUT2D eigenvalue weighted by molar-refractivity contribution is 5.26. The number of aryl methyl sites for hydroxylation is 1. The summed E-state index contributed by atoms with van der Waals surface area (Å²) in [5.41, 5.74) is 2.85. The maximum absolute atomic E-state index is 4.25. The van der Waals surface area contributed by atoms with Crippen molar-refractivity contribution >= 4 is 0 Å². The second-order valence-corrected chi connectivity index (χ2v) is 5.51. The van der Waals surface area contributed by atoms with Crippen LogP contribution in [0.2, 0.25) is 0 Å². The molecule has 1 heterocycles. The first kappa shape index (κ1) is 13.5. The Morgan fingerprint density at radius 1 is 1.33 bits per heavy atom. The molecule has 100 valence electrons. The normalized spacial score (nSPS) is 18.8. The zero-order valence-electron chi connectivity index (χ0n) is 11.8. The van der Waals surface area contributed by atoms with E-state index in [2.05, 4.69) is 30.3 Å². The van der Waals surface area contributed by atoms with Gasteiger partial charge in [0.05, 0.1) is 0 Å². The molecule has 1 unspecified atom stereocenters. The van der Waals surface area contributed by atoms with Crippen molar-refractivity contribution in [3.63, 3.8) is 0 Å². The van der Waals surface area contributed by atoms with E-state index in [1.54, 1.807) is 0 Å². The summed E-state index contributed by atoms with van der Waals surface area (Å²) in [4.78, 5) is 4.25. The molecule has 0 aliphatic heterocycles. The molecule has 1 aromatic rings. The molecule has 0 saturated heterocycles. The van der Waals surface area contributed by atoms with E-state index < -0.39 is 0 Å². The third-order valence-electron chi connectivity index (χ3n) is 4.34. The van der Waals surface area contributed by atoms with Gasteiger partial charge in [-0.1, -0.05) is 39.0 Å². The van der Waals surface area contributed by atoms with E-state index in [1.165, 1.54) is 49.7 Å². The van der Waals surface area contributed by atoms with Crippen molar-refractivity contribution in [1.29, 1.82) is 0 Å². The summed E-state index contributed by atoms with van der Waals surface area (Å²) in [5.74, 6) is 0.911. The molecule has 2 rings (SSSR count). The van der Waals surface area contributed by atoms with Gasteiger partial charge in [0.1, 0.15) is 0 Å². The fourth-order valence-electron chi connectivity index (χ4n) is 3.23. The first-order valence-corrected chi connectivity index (χ1v) is 7.45. The van der Waals surface area contributed by atoms with Crippen LogP contribution in [0, 0.1) is 5.92 Å². The van der Waals surface area contributed by atoms with Crippen LogP contribution in [-0.4, -0.2) is 12.0 Å². The number of hydrogen-bond acceptors (Lipinski definition) is 2. The van der Waals surface area contributed by atoms with E-state index in [-0.39, 0.29) is 0 Å². The van der Waals surface area contributed by atoms with Gasteiger partial charge in [-0.2, -0.15) is 0 Å². The quantitative estimate of drug-likeness (QED) is 0.853. The molecule has 1 aromatic heterocycles. The minimum Gasteiger partial charge on any atom is -0.313 e. The van der Waals surface area contributed by atoms with E-state index in [0.717, 1.165) is 12.3 Å². The van der Waals surface area contributed by atoms with Crippen LogP contribution in [0.25, 0.3) is 0 Å². The Balaban J connectivity index is 2.07. The Kier molecular flexibility index (Phi) is 5.18. The summed E-state index contributed by atoms with van der Waals surface area (Å²) in [6.45, 7) is 2.22. The minimum atomic E-state index is 0.506. The lowest BCUT2D eigenvalue weighted by molar-refractivity contribution is 0.305. The van der Waals surface area contributed by atoms with Gasteiger partial charge in [-0.05, 0) is 43.0 Å². The molecule has 0 radical (unpaired) electrons. The van der Waals surface area contributed by atoms with E-state index in [4.69, 9.17) is 0 Å². The molecule has 18 heavy (non-hydrogen) atoms. The first-order chi connectivity index (χ1) is 8.85. The number of nitrogens with zero attached hydrogens (tertiary/aromatic N) is 1. The van der Waals surface area contributed by atoms with Crippen LogP contribution < -0.4 is 5.32 Å². The van der Waals surface area contributed by atoms with Crippen LogP contribution in [0.5, 0.6) is 0 Å². The standard InChI is InChI=1S/C16H26N2/c1-3-14-12-18-10-9-15(14)16(17-2)11-13-7-5-4-6-8-13/h9-10,12-13,16-17H,3-8,11H2,1-2H3. The SMILES string of the molecule is CCc1cnccc1C(CC1CCCCC1)NC. The van der Waals surface area contributed by atoms with E-state index >= 15 is 0 Å². The Morgan fingerprint density at radius 2 is 2.11 bits per heavy atom. The van der Waals surface area contributed by atoms with Crippen molar-refractivity contribution in [3.05, 3.63) is 29.6 Å². The molecule has 1 N–H and O–H groups in total. The van der Waals surface area contributed by atoms with Gasteiger partial charge in [0.2, 0.25) is 0 Å². The fourth-order valence-corrected chi connectivity index (χ4v) is 3.23. The van der Waals surface area contributed by atoms with Gasteiger partial charge in [-0.25, -0.2) is 0 Å². The van der Waals surface area contributed by atoms with Crippen molar-refractivity contribution in [2.45, 2.75) is 57.9 Å². The highest BCUT2D eigenvalue weighted by Crippen LogP contribution is 2.32. The topological polar surface area (TPSA) is 24.9 Å². The lowest BCUT2D eigenvalue weighted by atomic mass is 9.82. The van der Waals surface area contributed by atoms with E-state index in [9.17, 15) is 0 Å². The molecule has 2 heteroatoms. The van der Waals surface area contributed by atoms with Crippen molar-refractivity contribution < 1.29 is 0 Å². The van der Waals surface area contributed by atoms with Crippen LogP contribution in [0.15, 0.2) is 18.5 Å². The lowest BCUT2D eigenvalue weighted by Crippen LogP contribution is -2.22. The van der Waals surface area contributed by atoms with E-state index in [0.29, 0.717) is 6.04 Å². The summed E-state index contributed by atoms with van der Waals surface area (Å²) in [5, 5.41) is 3.51. The molecule has 0 bridgehead atoms. The molecular formula is C16H26N2. The molecule has 1 aliphatic carbocycles. The molecule has 0 spiro atoms. The Hall–Kier alpha value is -0.890. The number of nitrogens with one attached hydrogen (secondary N) is 1. The monoisotopic (exact) mass is 246 g/mol. The molecule has 2 nitrogen and oxygen atoms in total. The van der Waals surface area contributed by atoms with Crippen molar-refractivity contribution in [2.24, 2.45) is 5.92 Å². The molecule has 1 atom stereocenters. The summed E-state index contributed by atoms with van der Waals surface area (Å²) >= 11 is 0. The number of rotatable bonds is 5. The third kappa shape index (κ3) is 3.32. The molecule has 0 aromatic carbocycles. The second kappa shape index (κ2) is 6.89. The van der Waals surface area contributed by atoms with Gasteiger partial charge < -0.3 is 5.32 Å². The minimum absolute atomic E-state index is 0.506. The maximum Gasteiger partial charge on any atom is 0.0324 e. The van der Waals surface area contributed by atoms with Crippen LogP contribution >= 0.6 is 0 Å². The van der Waals surface area contributed by atoms with Gasteiger partial charge in [0.25, 0.3) is 0 Å². The van der Waals surface area contributed by atoms with Crippen molar-refractivity contribution in [3.8, 4) is 0 Å². The van der Waals surface area contributed by atoms with Crippen LogP contribution in [0.3, 0.4) is 0 Å². The van der Waals surface area contributed by atoms with Gasteiger partial charge >= 0.3 is 0 Å². The number of hydrogen-bond donors (Lipinski definition) is 1. The highest BCUT2D eigenvalue weighted by Gasteiger charge is 2.20. The first-order valence-electron chi connectivity index (χ1n) is 7.45. The average Bonchev–Trinajstić information content (AvgIpc) is 2.46. The van der Waals surface area contributed by atoms with Crippen LogP contribution in [0.4, 0.5) is 0 Å². The fraction of sp³-hybridized carbons (Fsp3) is 0.688. The molecule has 0 amide bonds. The number of aromatic nitrogens is 1. The summed E-state index contributed by atoms with van der Waals surface area (Å²) in [6.07, 6.45) is 13.5. The van der Waals surface area contributed by atoms with Crippen LogP contribution in [0.1, 0.15) is 62.6 Å². The van der Waals surface area contributed by atoms with Gasteiger partial charge in [0, 0.05) is 18.4 Å². The lowest BCUT2D eigenvalue weighted by Gasteiger charge is -2.27. The molecule has 1 fully saturated rings. The Morgan fingerprint density at radius 3 is 2.78 bits per heavy atom. The summed E-state index contributed by atoms with van der Waals surface area (Å²) in [6, 6.07) is 2.70. The predicted molar refractivity (Wildman–Crippen MR) is 76.6 cm³/mol. The highest BCUT2D eigenvalue weighted by atomic mass is 14.9. The second-order valence-electron chi connectivity index (χ2n) is 5.51. The zero-order valence-corrected chi connectivity index (χ0v) is 11.8. The van der Waals surface area contributed by atoms with Gasteiger partial charge in [-0.15, -0.1) is 0 Å². The Labute approximate surface area is 111 Å². The average molecular weight is 246 g/mol. The van der Waals surface area contributed by atoms with Gasteiger partial charge in [-0.3, -0.25) is 4.98 Å².